The van der Waals surface area contributed by atoms with Crippen LogP contribution in [0.4, 0.5) is 18.9 Å². The van der Waals surface area contributed by atoms with Gasteiger partial charge in [0.05, 0.1) is 33.5 Å². The van der Waals surface area contributed by atoms with Crippen molar-refractivity contribution in [2.75, 3.05) is 59.0 Å². The first-order valence-electron chi connectivity index (χ1n) is 12.6. The average Bonchev–Trinajstić information content (AvgIpc) is 2.95. The molecule has 0 aliphatic carbocycles. The summed E-state index contributed by atoms with van der Waals surface area (Å²) in [6, 6.07) is 7.48. The van der Waals surface area contributed by atoms with Crippen molar-refractivity contribution in [3.8, 4) is 17.2 Å². The van der Waals surface area contributed by atoms with E-state index in [0.717, 1.165) is 12.1 Å². The van der Waals surface area contributed by atoms with Crippen LogP contribution in [-0.4, -0.2) is 76.9 Å². The molecule has 2 heterocycles. The molecule has 0 radical (unpaired) electrons. The van der Waals surface area contributed by atoms with Gasteiger partial charge in [-0.25, -0.2) is 4.99 Å². The number of alkyl halides is 3. The molecule has 0 aromatic heterocycles. The zero-order valence-corrected chi connectivity index (χ0v) is 22.6. The fourth-order valence-electron chi connectivity index (χ4n) is 4.79. The maximum absolute atomic E-state index is 13.3. The van der Waals surface area contributed by atoms with Gasteiger partial charge in [0.15, 0.2) is 17.4 Å². The highest BCUT2D eigenvalue weighted by Gasteiger charge is 2.43. The minimum Gasteiger partial charge on any atom is -0.493 e. The average molecular weight is 565 g/mol. The van der Waals surface area contributed by atoms with E-state index in [4.69, 9.17) is 23.9 Å². The van der Waals surface area contributed by atoms with Gasteiger partial charge in [-0.2, -0.15) is 13.2 Å². The Morgan fingerprint density at radius 1 is 1.00 bits per heavy atom. The summed E-state index contributed by atoms with van der Waals surface area (Å²) < 4.78 is 61.0. The van der Waals surface area contributed by atoms with Crippen molar-refractivity contribution in [3.63, 3.8) is 0 Å². The van der Waals surface area contributed by atoms with Crippen LogP contribution in [0.5, 0.6) is 17.2 Å². The second-order valence-electron chi connectivity index (χ2n) is 9.10. The highest BCUT2D eigenvalue weighted by Crippen LogP contribution is 2.42. The van der Waals surface area contributed by atoms with E-state index in [9.17, 15) is 22.8 Å². The molecular weight excluding hydrogens is 533 g/mol. The summed E-state index contributed by atoms with van der Waals surface area (Å²) in [5.74, 6) is -1.31. The van der Waals surface area contributed by atoms with E-state index in [1.165, 1.54) is 27.4 Å². The predicted octanol–water partition coefficient (Wildman–Crippen LogP) is 3.26. The van der Waals surface area contributed by atoms with Gasteiger partial charge in [-0.3, -0.25) is 14.9 Å². The lowest BCUT2D eigenvalue weighted by Crippen LogP contribution is -2.57. The van der Waals surface area contributed by atoms with Crippen molar-refractivity contribution in [2.24, 2.45) is 10.9 Å². The first kappa shape index (κ1) is 28.8. The molecule has 1 amide bonds. The van der Waals surface area contributed by atoms with Gasteiger partial charge >= 0.3 is 12.1 Å². The second kappa shape index (κ2) is 11.9. The molecule has 2 aromatic rings. The monoisotopic (exact) mass is 564 g/mol. The number of rotatable bonds is 7. The molecule has 216 valence electrons. The number of carbonyl (C=O) groups excluding carboxylic acids is 2. The zero-order valence-electron chi connectivity index (χ0n) is 22.6. The summed E-state index contributed by atoms with van der Waals surface area (Å²) in [7, 11) is 4.37. The number of aliphatic imine (C=N–C) groups is 1. The third kappa shape index (κ3) is 5.87. The van der Waals surface area contributed by atoms with Gasteiger partial charge in [0.1, 0.15) is 6.04 Å². The van der Waals surface area contributed by atoms with Crippen molar-refractivity contribution in [1.29, 1.82) is 0 Å². The fraction of sp³-hybridized carbons (Fsp3) is 0.444. The molecule has 4 rings (SSSR count). The SMILES string of the molecule is CCOC(=O)[C@H]1C(=O)NC(N2CCN(c3cccc(C(F)(F)F)c3)CC2)=N[C@H]1c1cc(OC)c(OC)c(OC)c1. The maximum atomic E-state index is 13.3. The van der Waals surface area contributed by atoms with E-state index in [1.54, 1.807) is 25.1 Å². The van der Waals surface area contributed by atoms with Gasteiger partial charge in [0.25, 0.3) is 0 Å². The molecule has 40 heavy (non-hydrogen) atoms. The molecular formula is C27H31F3N4O6. The summed E-state index contributed by atoms with van der Waals surface area (Å²) >= 11 is 0. The molecule has 0 unspecified atom stereocenters. The van der Waals surface area contributed by atoms with Gasteiger partial charge in [0.2, 0.25) is 17.6 Å². The number of methoxy groups -OCH3 is 3. The highest BCUT2D eigenvalue weighted by molar-refractivity contribution is 6.08. The quantitative estimate of drug-likeness (QED) is 0.404. The third-order valence-corrected chi connectivity index (χ3v) is 6.78. The number of piperazine rings is 1. The number of hydrogen-bond acceptors (Lipinski definition) is 9. The molecule has 1 saturated heterocycles. The van der Waals surface area contributed by atoms with E-state index in [1.807, 2.05) is 9.80 Å². The van der Waals surface area contributed by atoms with Crippen LogP contribution in [0.1, 0.15) is 24.1 Å². The molecule has 1 fully saturated rings. The van der Waals surface area contributed by atoms with Crippen LogP contribution in [0.15, 0.2) is 41.4 Å². The number of guanidine groups is 1. The molecule has 13 heteroatoms. The smallest absolute Gasteiger partial charge is 0.416 e. The summed E-state index contributed by atoms with van der Waals surface area (Å²) in [6.07, 6.45) is -4.43. The van der Waals surface area contributed by atoms with Gasteiger partial charge in [-0.1, -0.05) is 6.07 Å². The molecule has 2 aliphatic heterocycles. The van der Waals surface area contributed by atoms with Crippen molar-refractivity contribution in [3.05, 3.63) is 47.5 Å². The lowest BCUT2D eigenvalue weighted by Gasteiger charge is -2.40. The number of amides is 1. The highest BCUT2D eigenvalue weighted by atomic mass is 19.4. The lowest BCUT2D eigenvalue weighted by atomic mass is 9.90. The Morgan fingerprint density at radius 2 is 1.62 bits per heavy atom. The Hall–Kier alpha value is -4.16. The van der Waals surface area contributed by atoms with Crippen molar-refractivity contribution in [2.45, 2.75) is 19.1 Å². The van der Waals surface area contributed by atoms with Gasteiger partial charge in [0, 0.05) is 31.9 Å². The molecule has 2 aliphatic rings. The van der Waals surface area contributed by atoms with Crippen LogP contribution in [0, 0.1) is 5.92 Å². The van der Waals surface area contributed by atoms with Crippen LogP contribution in [0.2, 0.25) is 0 Å². The molecule has 0 bridgehead atoms. The Kier molecular flexibility index (Phi) is 8.60. The van der Waals surface area contributed by atoms with Crippen LogP contribution in [-0.2, 0) is 20.5 Å². The Labute approximate surface area is 229 Å². The molecule has 0 saturated carbocycles. The van der Waals surface area contributed by atoms with Gasteiger partial charge in [-0.15, -0.1) is 0 Å². The van der Waals surface area contributed by atoms with Crippen LogP contribution >= 0.6 is 0 Å². The predicted molar refractivity (Wildman–Crippen MR) is 140 cm³/mol. The number of nitrogens with zero attached hydrogens (tertiary/aromatic N) is 3. The number of hydrogen-bond donors (Lipinski definition) is 1. The van der Waals surface area contributed by atoms with E-state index in [-0.39, 0.29) is 12.6 Å². The van der Waals surface area contributed by atoms with Crippen molar-refractivity contribution >= 4 is 23.5 Å². The number of carbonyl (C=O) groups is 2. The topological polar surface area (TPSA) is 102 Å². The van der Waals surface area contributed by atoms with Gasteiger partial charge in [-0.05, 0) is 42.8 Å². The van der Waals surface area contributed by atoms with Crippen LogP contribution in [0.3, 0.4) is 0 Å². The summed E-state index contributed by atoms with van der Waals surface area (Å²) in [4.78, 5) is 34.6. The normalized spacial score (nSPS) is 19.5. The number of benzene rings is 2. The zero-order chi connectivity index (χ0) is 29.0. The molecule has 2 atom stereocenters. The Balaban J connectivity index is 1.63. The molecule has 10 nitrogen and oxygen atoms in total. The maximum Gasteiger partial charge on any atom is 0.416 e. The summed E-state index contributed by atoms with van der Waals surface area (Å²) in [6.45, 7) is 3.27. The van der Waals surface area contributed by atoms with Gasteiger partial charge < -0.3 is 28.7 Å². The number of nitrogens with one attached hydrogen (secondary N) is 1. The third-order valence-electron chi connectivity index (χ3n) is 6.78. The Morgan fingerprint density at radius 3 is 2.17 bits per heavy atom. The largest absolute Gasteiger partial charge is 0.493 e. The van der Waals surface area contributed by atoms with Crippen molar-refractivity contribution < 1.29 is 41.7 Å². The van der Waals surface area contributed by atoms with E-state index < -0.39 is 35.6 Å². The first-order valence-corrected chi connectivity index (χ1v) is 12.6. The molecule has 0 spiro atoms. The Bertz CT molecular complexity index is 1250. The number of anilines is 1. The minimum atomic E-state index is -4.43. The van der Waals surface area contributed by atoms with E-state index in [2.05, 4.69) is 5.32 Å². The molecule has 1 N–H and O–H groups in total. The summed E-state index contributed by atoms with van der Waals surface area (Å²) in [5.41, 5.74) is 0.221. The summed E-state index contributed by atoms with van der Waals surface area (Å²) in [5, 5.41) is 2.72. The van der Waals surface area contributed by atoms with E-state index >= 15 is 0 Å². The minimum absolute atomic E-state index is 0.0820. The lowest BCUT2D eigenvalue weighted by molar-refractivity contribution is -0.153. The number of esters is 1. The number of halogens is 3. The van der Waals surface area contributed by atoms with E-state index in [0.29, 0.717) is 54.7 Å². The number of ether oxygens (including phenoxy) is 4. The van der Waals surface area contributed by atoms with Crippen LogP contribution < -0.4 is 24.4 Å². The fourth-order valence-corrected chi connectivity index (χ4v) is 4.79. The second-order valence-corrected chi connectivity index (χ2v) is 9.10. The first-order chi connectivity index (χ1) is 19.1. The van der Waals surface area contributed by atoms with Crippen molar-refractivity contribution in [1.82, 2.24) is 10.2 Å². The van der Waals surface area contributed by atoms with Crippen LogP contribution in [0.25, 0.3) is 0 Å². The molecule has 2 aromatic carbocycles. The standard InChI is InChI=1S/C27H31F3N4O6/c1-5-40-25(36)21-22(16-13-19(37-2)23(39-4)20(14-16)38-3)31-26(32-24(21)35)34-11-9-33(10-12-34)18-8-6-7-17(15-18)27(28,29)30/h6-8,13-15,21-22H,5,9-12H2,1-4H3,(H,31,32,35)/t21-,22+/m1/s1.